The molecule has 0 radical (unpaired) electrons. The van der Waals surface area contributed by atoms with Gasteiger partial charge in [0.1, 0.15) is 0 Å². The third-order valence-corrected chi connectivity index (χ3v) is 2.90. The van der Waals surface area contributed by atoms with Gasteiger partial charge in [-0.1, -0.05) is 0 Å². The highest BCUT2D eigenvalue weighted by atomic mass is 16.2. The van der Waals surface area contributed by atoms with Crippen molar-refractivity contribution >= 4 is 23.2 Å². The van der Waals surface area contributed by atoms with E-state index in [4.69, 9.17) is 11.5 Å². The number of amides is 2. The predicted molar refractivity (Wildman–Crippen MR) is 73.4 cm³/mol. The molecular weight excluding hydrogens is 244 g/mol. The van der Waals surface area contributed by atoms with Crippen molar-refractivity contribution in [3.05, 3.63) is 23.8 Å². The molecule has 0 heterocycles. The molecule has 1 aromatic carbocycles. The van der Waals surface area contributed by atoms with Gasteiger partial charge >= 0.3 is 0 Å². The van der Waals surface area contributed by atoms with Crippen LogP contribution >= 0.6 is 0 Å². The van der Waals surface area contributed by atoms with Crippen LogP contribution in [0.2, 0.25) is 0 Å². The lowest BCUT2D eigenvalue weighted by molar-refractivity contribution is -0.121. The summed E-state index contributed by atoms with van der Waals surface area (Å²) in [6.45, 7) is 0.293. The normalized spacial score (nSPS) is 13.9. The Morgan fingerprint density at radius 3 is 2.63 bits per heavy atom. The summed E-state index contributed by atoms with van der Waals surface area (Å²) in [5.74, 6) is -0.329. The fourth-order valence-electron chi connectivity index (χ4n) is 1.70. The standard InChI is InChI=1S/C13H18N4O2/c14-8-1-4-10(11(15)7-8)13(19)16-6-5-12(18)17-9-2-3-9/h1,4,7,9H,2-3,5-6,14-15H2,(H,16,19)(H,17,18). The molecule has 1 aliphatic rings. The number of carbonyl (C=O) groups excluding carboxylic acids is 2. The van der Waals surface area contributed by atoms with Gasteiger partial charge in [-0.25, -0.2) is 0 Å². The Labute approximate surface area is 111 Å². The van der Waals surface area contributed by atoms with Crippen LogP contribution in [-0.4, -0.2) is 24.4 Å². The van der Waals surface area contributed by atoms with Gasteiger partial charge < -0.3 is 22.1 Å². The second-order valence-electron chi connectivity index (χ2n) is 4.69. The zero-order valence-electron chi connectivity index (χ0n) is 10.6. The van der Waals surface area contributed by atoms with Crippen molar-refractivity contribution in [3.8, 4) is 0 Å². The van der Waals surface area contributed by atoms with E-state index in [1.54, 1.807) is 12.1 Å². The van der Waals surface area contributed by atoms with Crippen molar-refractivity contribution in [1.82, 2.24) is 10.6 Å². The molecule has 6 N–H and O–H groups in total. The fraction of sp³-hybridized carbons (Fsp3) is 0.385. The van der Waals surface area contributed by atoms with Gasteiger partial charge in [-0.2, -0.15) is 0 Å². The van der Waals surface area contributed by atoms with Crippen molar-refractivity contribution in [2.45, 2.75) is 25.3 Å². The van der Waals surface area contributed by atoms with E-state index in [-0.39, 0.29) is 18.2 Å². The van der Waals surface area contributed by atoms with Crippen LogP contribution in [0.25, 0.3) is 0 Å². The maximum absolute atomic E-state index is 11.8. The van der Waals surface area contributed by atoms with Crippen molar-refractivity contribution in [2.75, 3.05) is 18.0 Å². The van der Waals surface area contributed by atoms with Crippen LogP contribution in [0, 0.1) is 0 Å². The van der Waals surface area contributed by atoms with E-state index in [0.717, 1.165) is 12.8 Å². The van der Waals surface area contributed by atoms with E-state index in [2.05, 4.69) is 10.6 Å². The fourth-order valence-corrected chi connectivity index (χ4v) is 1.70. The highest BCUT2D eigenvalue weighted by Gasteiger charge is 2.22. The molecule has 19 heavy (non-hydrogen) atoms. The van der Waals surface area contributed by atoms with Gasteiger partial charge in [0.25, 0.3) is 5.91 Å². The number of rotatable bonds is 5. The first-order valence-corrected chi connectivity index (χ1v) is 6.29. The maximum Gasteiger partial charge on any atom is 0.253 e. The van der Waals surface area contributed by atoms with Crippen molar-refractivity contribution in [2.24, 2.45) is 0 Å². The number of nitrogen functional groups attached to an aromatic ring is 2. The van der Waals surface area contributed by atoms with Crippen LogP contribution in [0.3, 0.4) is 0 Å². The van der Waals surface area contributed by atoms with Crippen LogP contribution in [0.4, 0.5) is 11.4 Å². The molecular formula is C13H18N4O2. The Balaban J connectivity index is 1.78. The summed E-state index contributed by atoms with van der Waals surface area (Å²) in [7, 11) is 0. The summed E-state index contributed by atoms with van der Waals surface area (Å²) in [5.41, 5.74) is 12.5. The number of carbonyl (C=O) groups is 2. The molecule has 102 valence electrons. The van der Waals surface area contributed by atoms with Crippen molar-refractivity contribution in [3.63, 3.8) is 0 Å². The third-order valence-electron chi connectivity index (χ3n) is 2.90. The number of hydrogen-bond acceptors (Lipinski definition) is 4. The summed E-state index contributed by atoms with van der Waals surface area (Å²) in [5, 5.41) is 5.52. The monoisotopic (exact) mass is 262 g/mol. The molecule has 1 fully saturated rings. The molecule has 2 amide bonds. The Morgan fingerprint density at radius 1 is 1.26 bits per heavy atom. The average molecular weight is 262 g/mol. The minimum Gasteiger partial charge on any atom is -0.399 e. The second kappa shape index (κ2) is 5.60. The first kappa shape index (κ1) is 13.2. The van der Waals surface area contributed by atoms with Gasteiger partial charge in [0, 0.05) is 30.4 Å². The summed E-state index contributed by atoms with van der Waals surface area (Å²) < 4.78 is 0. The van der Waals surface area contributed by atoms with Gasteiger partial charge in [-0.3, -0.25) is 9.59 Å². The molecule has 0 aliphatic heterocycles. The summed E-state index contributed by atoms with van der Waals surface area (Å²) in [4.78, 5) is 23.2. The lowest BCUT2D eigenvalue weighted by Gasteiger charge is -2.08. The number of nitrogens with one attached hydrogen (secondary N) is 2. The largest absolute Gasteiger partial charge is 0.399 e. The van der Waals surface area contributed by atoms with E-state index in [1.807, 2.05) is 0 Å². The second-order valence-corrected chi connectivity index (χ2v) is 4.69. The molecule has 6 heteroatoms. The lowest BCUT2D eigenvalue weighted by Crippen LogP contribution is -2.31. The van der Waals surface area contributed by atoms with E-state index in [9.17, 15) is 9.59 Å². The van der Waals surface area contributed by atoms with E-state index < -0.39 is 0 Å². The van der Waals surface area contributed by atoms with Gasteiger partial charge in [-0.15, -0.1) is 0 Å². The van der Waals surface area contributed by atoms with Crippen molar-refractivity contribution in [1.29, 1.82) is 0 Å². The molecule has 1 aromatic rings. The summed E-state index contributed by atoms with van der Waals surface area (Å²) in [6.07, 6.45) is 2.39. The minimum absolute atomic E-state index is 0.0342. The molecule has 0 aromatic heterocycles. The van der Waals surface area contributed by atoms with Crippen LogP contribution in [-0.2, 0) is 4.79 Å². The quantitative estimate of drug-likeness (QED) is 0.570. The Kier molecular flexibility index (Phi) is 3.89. The van der Waals surface area contributed by atoms with Gasteiger partial charge in [-0.05, 0) is 31.0 Å². The first-order valence-electron chi connectivity index (χ1n) is 6.29. The number of nitrogens with two attached hydrogens (primary N) is 2. The average Bonchev–Trinajstić information content (AvgIpc) is 3.12. The van der Waals surface area contributed by atoms with Gasteiger partial charge in [0.2, 0.25) is 5.91 Å². The molecule has 0 saturated heterocycles. The van der Waals surface area contributed by atoms with Crippen LogP contribution in [0.1, 0.15) is 29.6 Å². The SMILES string of the molecule is Nc1ccc(C(=O)NCCC(=O)NC2CC2)c(N)c1. The maximum atomic E-state index is 11.8. The molecule has 0 bridgehead atoms. The van der Waals surface area contributed by atoms with Crippen LogP contribution in [0.5, 0.6) is 0 Å². The lowest BCUT2D eigenvalue weighted by atomic mass is 10.1. The molecule has 2 rings (SSSR count). The molecule has 1 saturated carbocycles. The van der Waals surface area contributed by atoms with E-state index in [1.165, 1.54) is 6.07 Å². The third kappa shape index (κ3) is 3.87. The number of benzene rings is 1. The van der Waals surface area contributed by atoms with E-state index >= 15 is 0 Å². The molecule has 0 atom stereocenters. The zero-order valence-corrected chi connectivity index (χ0v) is 10.6. The molecule has 0 unspecified atom stereocenters. The zero-order chi connectivity index (χ0) is 13.8. The van der Waals surface area contributed by atoms with Gasteiger partial charge in [0.05, 0.1) is 5.56 Å². The molecule has 0 spiro atoms. The predicted octanol–water partition coefficient (Wildman–Crippen LogP) is 0.249. The Bertz CT molecular complexity index is 497. The van der Waals surface area contributed by atoms with E-state index in [0.29, 0.717) is 29.5 Å². The van der Waals surface area contributed by atoms with Crippen LogP contribution in [0.15, 0.2) is 18.2 Å². The van der Waals surface area contributed by atoms with Crippen LogP contribution < -0.4 is 22.1 Å². The highest BCUT2D eigenvalue weighted by molar-refractivity contribution is 5.99. The summed E-state index contributed by atoms with van der Waals surface area (Å²) >= 11 is 0. The number of anilines is 2. The Hall–Kier alpha value is -2.24. The number of hydrogen-bond donors (Lipinski definition) is 4. The molecule has 1 aliphatic carbocycles. The summed E-state index contributed by atoms with van der Waals surface area (Å²) in [6, 6.07) is 5.07. The smallest absolute Gasteiger partial charge is 0.253 e. The topological polar surface area (TPSA) is 110 Å². The highest BCUT2D eigenvalue weighted by Crippen LogP contribution is 2.18. The minimum atomic E-state index is -0.295. The van der Waals surface area contributed by atoms with Gasteiger partial charge in [0.15, 0.2) is 0 Å². The van der Waals surface area contributed by atoms with Crippen molar-refractivity contribution < 1.29 is 9.59 Å². The first-order chi connectivity index (χ1) is 9.06. The Morgan fingerprint density at radius 2 is 2.00 bits per heavy atom. The molecule has 6 nitrogen and oxygen atoms in total.